The Hall–Kier alpha value is -0.650. The zero-order chi connectivity index (χ0) is 14.6. The molecule has 2 fully saturated rings. The lowest BCUT2D eigenvalue weighted by atomic mass is 9.97. The Morgan fingerprint density at radius 3 is 2.70 bits per heavy atom. The Balaban J connectivity index is 1.90. The molecule has 0 aromatic heterocycles. The van der Waals surface area contributed by atoms with E-state index in [0.717, 1.165) is 38.8 Å². The minimum Gasteiger partial charge on any atom is -0.468 e. The van der Waals surface area contributed by atoms with Crippen molar-refractivity contribution >= 4 is 5.97 Å². The van der Waals surface area contributed by atoms with E-state index in [1.807, 2.05) is 0 Å². The van der Waals surface area contributed by atoms with Crippen molar-refractivity contribution < 1.29 is 14.3 Å². The minimum absolute atomic E-state index is 0.0859. The molecule has 20 heavy (non-hydrogen) atoms. The maximum atomic E-state index is 12.2. The highest BCUT2D eigenvalue weighted by Gasteiger charge is 2.49. The number of nitrogens with one attached hydrogen (secondary N) is 1. The fourth-order valence-electron chi connectivity index (χ4n) is 3.23. The first-order chi connectivity index (χ1) is 9.61. The number of carbonyl (C=O) groups excluding carboxylic acids is 1. The molecule has 2 rings (SSSR count). The molecule has 0 aliphatic heterocycles. The molecule has 0 radical (unpaired) electrons. The van der Waals surface area contributed by atoms with Gasteiger partial charge in [-0.25, -0.2) is 0 Å². The predicted molar refractivity (Wildman–Crippen MR) is 77.7 cm³/mol. The van der Waals surface area contributed by atoms with Gasteiger partial charge in [0.2, 0.25) is 0 Å². The van der Waals surface area contributed by atoms with Crippen LogP contribution in [-0.4, -0.2) is 62.9 Å². The zero-order valence-electron chi connectivity index (χ0n) is 13.0. The van der Waals surface area contributed by atoms with E-state index in [1.54, 1.807) is 7.11 Å². The maximum Gasteiger partial charge on any atom is 0.326 e. The van der Waals surface area contributed by atoms with Crippen molar-refractivity contribution in [3.63, 3.8) is 0 Å². The SMILES string of the molecule is COCCCN(C)C1CCC(NC2CC2)(C(=O)OC)C1. The van der Waals surface area contributed by atoms with Crippen LogP contribution >= 0.6 is 0 Å². The largest absolute Gasteiger partial charge is 0.468 e. The van der Waals surface area contributed by atoms with Crippen LogP contribution in [-0.2, 0) is 14.3 Å². The van der Waals surface area contributed by atoms with Crippen LogP contribution in [0.4, 0.5) is 0 Å². The van der Waals surface area contributed by atoms with Crippen molar-refractivity contribution in [3.05, 3.63) is 0 Å². The number of ether oxygens (including phenoxy) is 2. The Kier molecular flexibility index (Phi) is 5.41. The molecule has 0 bridgehead atoms. The third-order valence-corrected chi connectivity index (χ3v) is 4.60. The highest BCUT2D eigenvalue weighted by Crippen LogP contribution is 2.36. The first-order valence-electron chi connectivity index (χ1n) is 7.66. The second kappa shape index (κ2) is 6.87. The summed E-state index contributed by atoms with van der Waals surface area (Å²) in [5, 5.41) is 3.54. The molecule has 5 heteroatoms. The van der Waals surface area contributed by atoms with Gasteiger partial charge in [0.15, 0.2) is 0 Å². The second-order valence-corrected chi connectivity index (χ2v) is 6.22. The molecule has 0 heterocycles. The number of hydrogen-bond acceptors (Lipinski definition) is 5. The average Bonchev–Trinajstić information content (AvgIpc) is 3.15. The first kappa shape index (κ1) is 15.7. The van der Waals surface area contributed by atoms with Gasteiger partial charge in [-0.2, -0.15) is 0 Å². The van der Waals surface area contributed by atoms with Crippen LogP contribution in [0.5, 0.6) is 0 Å². The van der Waals surface area contributed by atoms with Gasteiger partial charge in [0.05, 0.1) is 7.11 Å². The van der Waals surface area contributed by atoms with Crippen LogP contribution in [0, 0.1) is 0 Å². The second-order valence-electron chi connectivity index (χ2n) is 6.22. The van der Waals surface area contributed by atoms with Gasteiger partial charge in [-0.15, -0.1) is 0 Å². The molecule has 0 saturated heterocycles. The molecule has 0 spiro atoms. The minimum atomic E-state index is -0.448. The summed E-state index contributed by atoms with van der Waals surface area (Å²) in [6.07, 6.45) is 6.21. The molecule has 2 saturated carbocycles. The van der Waals surface area contributed by atoms with E-state index >= 15 is 0 Å². The van der Waals surface area contributed by atoms with Gasteiger partial charge >= 0.3 is 5.97 Å². The van der Waals surface area contributed by atoms with E-state index in [0.29, 0.717) is 12.1 Å². The summed E-state index contributed by atoms with van der Waals surface area (Å²) in [6.45, 7) is 1.80. The number of nitrogens with zero attached hydrogens (tertiary/aromatic N) is 1. The highest BCUT2D eigenvalue weighted by molar-refractivity contribution is 5.81. The van der Waals surface area contributed by atoms with Crippen LogP contribution in [0.3, 0.4) is 0 Å². The lowest BCUT2D eigenvalue weighted by Gasteiger charge is -2.30. The van der Waals surface area contributed by atoms with Crippen LogP contribution < -0.4 is 5.32 Å². The van der Waals surface area contributed by atoms with Crippen molar-refractivity contribution in [2.45, 2.75) is 56.1 Å². The normalized spacial score (nSPS) is 29.9. The number of carbonyl (C=O) groups is 1. The summed E-state index contributed by atoms with van der Waals surface area (Å²) < 4.78 is 10.2. The molecule has 0 aromatic rings. The predicted octanol–water partition coefficient (Wildman–Crippen LogP) is 1.17. The monoisotopic (exact) mass is 284 g/mol. The van der Waals surface area contributed by atoms with Crippen molar-refractivity contribution in [1.29, 1.82) is 0 Å². The van der Waals surface area contributed by atoms with Gasteiger partial charge in [0, 0.05) is 32.3 Å². The van der Waals surface area contributed by atoms with E-state index in [9.17, 15) is 4.79 Å². The summed E-state index contributed by atoms with van der Waals surface area (Å²) in [4.78, 5) is 14.6. The first-order valence-corrected chi connectivity index (χ1v) is 7.66. The highest BCUT2D eigenvalue weighted by atomic mass is 16.5. The van der Waals surface area contributed by atoms with Gasteiger partial charge in [0.25, 0.3) is 0 Å². The van der Waals surface area contributed by atoms with E-state index in [-0.39, 0.29) is 5.97 Å². The van der Waals surface area contributed by atoms with Crippen LogP contribution in [0.15, 0.2) is 0 Å². The van der Waals surface area contributed by atoms with Crippen molar-refractivity contribution in [2.75, 3.05) is 34.4 Å². The van der Waals surface area contributed by atoms with Crippen LogP contribution in [0.2, 0.25) is 0 Å². The van der Waals surface area contributed by atoms with Crippen LogP contribution in [0.1, 0.15) is 38.5 Å². The molecule has 0 amide bonds. The molecule has 1 N–H and O–H groups in total. The quantitative estimate of drug-likeness (QED) is 0.536. The Labute approximate surface area is 122 Å². The third-order valence-electron chi connectivity index (χ3n) is 4.60. The standard InChI is InChI=1S/C15H28N2O3/c1-17(9-4-10-19-2)13-7-8-15(11-13,14(18)20-3)16-12-5-6-12/h12-13,16H,4-11H2,1-3H3. The zero-order valence-corrected chi connectivity index (χ0v) is 13.0. The smallest absolute Gasteiger partial charge is 0.326 e. The van der Waals surface area contributed by atoms with Gasteiger partial charge < -0.3 is 14.4 Å². The summed E-state index contributed by atoms with van der Waals surface area (Å²) in [7, 11) is 5.37. The molecule has 2 aliphatic rings. The molecule has 0 aromatic carbocycles. The molecule has 5 nitrogen and oxygen atoms in total. The summed E-state index contributed by atoms with van der Waals surface area (Å²) in [5.41, 5.74) is -0.448. The van der Waals surface area contributed by atoms with Crippen LogP contribution in [0.25, 0.3) is 0 Å². The Morgan fingerprint density at radius 2 is 2.10 bits per heavy atom. The average molecular weight is 284 g/mol. The summed E-state index contributed by atoms with van der Waals surface area (Å²) in [5.74, 6) is -0.0859. The van der Waals surface area contributed by atoms with E-state index < -0.39 is 5.54 Å². The summed E-state index contributed by atoms with van der Waals surface area (Å²) >= 11 is 0. The number of hydrogen-bond donors (Lipinski definition) is 1. The fourth-order valence-corrected chi connectivity index (χ4v) is 3.23. The van der Waals surface area contributed by atoms with Gasteiger partial charge in [0.1, 0.15) is 5.54 Å². The van der Waals surface area contributed by atoms with Crippen molar-refractivity contribution in [2.24, 2.45) is 0 Å². The molecule has 2 unspecified atom stereocenters. The number of methoxy groups -OCH3 is 2. The lowest BCUT2D eigenvalue weighted by molar-refractivity contribution is -0.148. The van der Waals surface area contributed by atoms with Crippen molar-refractivity contribution in [1.82, 2.24) is 10.2 Å². The molecule has 2 aliphatic carbocycles. The molecular weight excluding hydrogens is 256 g/mol. The molecular formula is C15H28N2O3. The third kappa shape index (κ3) is 3.71. The van der Waals surface area contributed by atoms with E-state index in [4.69, 9.17) is 9.47 Å². The van der Waals surface area contributed by atoms with E-state index in [1.165, 1.54) is 20.0 Å². The Morgan fingerprint density at radius 1 is 1.35 bits per heavy atom. The number of esters is 1. The van der Waals surface area contributed by atoms with Gasteiger partial charge in [-0.05, 0) is 45.6 Å². The fraction of sp³-hybridized carbons (Fsp3) is 0.933. The van der Waals surface area contributed by atoms with Crippen molar-refractivity contribution in [3.8, 4) is 0 Å². The molecule has 116 valence electrons. The number of rotatable bonds is 8. The van der Waals surface area contributed by atoms with E-state index in [2.05, 4.69) is 17.3 Å². The maximum absolute atomic E-state index is 12.2. The topological polar surface area (TPSA) is 50.8 Å². The molecule has 2 atom stereocenters. The lowest BCUT2D eigenvalue weighted by Crippen LogP contribution is -2.52. The van der Waals surface area contributed by atoms with Gasteiger partial charge in [-0.1, -0.05) is 0 Å². The Bertz CT molecular complexity index is 333. The summed E-state index contributed by atoms with van der Waals surface area (Å²) in [6, 6.07) is 0.976. The van der Waals surface area contributed by atoms with Gasteiger partial charge in [-0.3, -0.25) is 10.1 Å².